The highest BCUT2D eigenvalue weighted by molar-refractivity contribution is 9.10. The molecule has 2 N–H and O–H groups in total. The van der Waals surface area contributed by atoms with Crippen molar-refractivity contribution in [2.75, 3.05) is 6.54 Å². The molecule has 0 aliphatic heterocycles. The predicted molar refractivity (Wildman–Crippen MR) is 107 cm³/mol. The summed E-state index contributed by atoms with van der Waals surface area (Å²) in [6.45, 7) is 3.97. The Bertz CT molecular complexity index is 624. The Morgan fingerprint density at radius 2 is 2.16 bits per heavy atom. The summed E-state index contributed by atoms with van der Waals surface area (Å²) in [5, 5.41) is 12.3. The topological polar surface area (TPSA) is 49.3 Å². The third-order valence-electron chi connectivity index (χ3n) is 4.69. The van der Waals surface area contributed by atoms with Crippen molar-refractivity contribution in [3.8, 4) is 0 Å². The molecule has 0 saturated heterocycles. The van der Waals surface area contributed by atoms with Crippen LogP contribution in [0, 0.1) is 18.8 Å². The largest absolute Gasteiger partial charge is 0.481 e. The molecule has 2 atom stereocenters. The Morgan fingerprint density at radius 3 is 2.92 bits per heavy atom. The monoisotopic (exact) mass is 405 g/mol. The van der Waals surface area contributed by atoms with Gasteiger partial charge in [0, 0.05) is 17.4 Å². The van der Waals surface area contributed by atoms with Crippen molar-refractivity contribution >= 4 is 21.9 Å². The van der Waals surface area contributed by atoms with Gasteiger partial charge in [0.15, 0.2) is 0 Å². The van der Waals surface area contributed by atoms with E-state index in [0.717, 1.165) is 38.8 Å². The second kappa shape index (κ2) is 10.6. The van der Waals surface area contributed by atoms with Crippen molar-refractivity contribution in [3.63, 3.8) is 0 Å². The van der Waals surface area contributed by atoms with Crippen molar-refractivity contribution in [3.05, 3.63) is 58.1 Å². The van der Waals surface area contributed by atoms with E-state index < -0.39 is 5.97 Å². The number of carboxylic acids is 1. The molecular weight excluding hydrogens is 378 g/mol. The Hall–Kier alpha value is -1.39. The van der Waals surface area contributed by atoms with Gasteiger partial charge in [-0.15, -0.1) is 0 Å². The van der Waals surface area contributed by atoms with Crippen LogP contribution < -0.4 is 5.32 Å². The van der Waals surface area contributed by atoms with Gasteiger partial charge in [0.25, 0.3) is 0 Å². The Morgan fingerprint density at radius 1 is 1.36 bits per heavy atom. The molecule has 0 unspecified atom stereocenters. The zero-order valence-corrected chi connectivity index (χ0v) is 16.5. The molecule has 0 bridgehead atoms. The molecule has 3 nitrogen and oxygen atoms in total. The van der Waals surface area contributed by atoms with Gasteiger partial charge in [-0.05, 0) is 68.2 Å². The van der Waals surface area contributed by atoms with Gasteiger partial charge in [-0.2, -0.15) is 0 Å². The fraction of sp³-hybridized carbons (Fsp3) is 0.476. The zero-order valence-electron chi connectivity index (χ0n) is 14.9. The van der Waals surface area contributed by atoms with Gasteiger partial charge in [-0.3, -0.25) is 4.79 Å². The molecule has 0 amide bonds. The minimum Gasteiger partial charge on any atom is -0.481 e. The fourth-order valence-electron chi connectivity index (χ4n) is 3.19. The molecule has 0 aromatic heterocycles. The zero-order chi connectivity index (χ0) is 18.1. The van der Waals surface area contributed by atoms with Crippen molar-refractivity contribution in [2.24, 2.45) is 11.8 Å². The van der Waals surface area contributed by atoms with Gasteiger partial charge in [0.1, 0.15) is 0 Å². The van der Waals surface area contributed by atoms with E-state index >= 15 is 0 Å². The lowest BCUT2D eigenvalue weighted by atomic mass is 9.82. The van der Waals surface area contributed by atoms with E-state index in [1.807, 2.05) is 0 Å². The molecule has 1 aromatic rings. The third kappa shape index (κ3) is 7.17. The summed E-state index contributed by atoms with van der Waals surface area (Å²) < 4.78 is 1.17. The van der Waals surface area contributed by atoms with Crippen LogP contribution in [0.4, 0.5) is 0 Å². The van der Waals surface area contributed by atoms with Crippen LogP contribution in [0.15, 0.2) is 47.0 Å². The van der Waals surface area contributed by atoms with Gasteiger partial charge >= 0.3 is 5.97 Å². The van der Waals surface area contributed by atoms with Crippen LogP contribution in [0.5, 0.6) is 0 Å². The number of aryl methyl sites for hydroxylation is 1. The van der Waals surface area contributed by atoms with Crippen LogP contribution in [0.2, 0.25) is 0 Å². The number of nitrogens with one attached hydrogen (secondary N) is 1. The van der Waals surface area contributed by atoms with E-state index in [1.165, 1.54) is 15.6 Å². The number of carbonyl (C=O) groups is 1. The number of hydrogen-bond acceptors (Lipinski definition) is 2. The first-order valence-corrected chi connectivity index (χ1v) is 9.84. The number of aliphatic carboxylic acids is 1. The standard InChI is InChI=1S/C21H28BrNO2/c1-16-11-12-19(20(22)13-16)15-23-14-18-9-6-5-8-17(18)7-3-2-4-10-21(24)25/h3,5-7,11-13,17-18,23H,2,4,8-10,14-15H2,1H3,(H,24,25)/b7-3-/t17-,18+/m0/s1. The summed E-state index contributed by atoms with van der Waals surface area (Å²) in [4.78, 5) is 10.5. The van der Waals surface area contributed by atoms with Crippen LogP contribution in [-0.4, -0.2) is 17.6 Å². The minimum atomic E-state index is -0.710. The van der Waals surface area contributed by atoms with E-state index in [1.54, 1.807) is 0 Å². The molecule has 0 fully saturated rings. The maximum absolute atomic E-state index is 10.5. The third-order valence-corrected chi connectivity index (χ3v) is 5.43. The predicted octanol–water partition coefficient (Wildman–Crippen LogP) is 5.24. The highest BCUT2D eigenvalue weighted by atomic mass is 79.9. The second-order valence-corrected chi connectivity index (χ2v) is 7.66. The van der Waals surface area contributed by atoms with Gasteiger partial charge < -0.3 is 10.4 Å². The first-order valence-electron chi connectivity index (χ1n) is 9.05. The number of halogens is 1. The molecule has 1 aliphatic carbocycles. The average molecular weight is 406 g/mol. The number of carboxylic acid groups (broad SMARTS) is 1. The van der Waals surface area contributed by atoms with Crippen LogP contribution >= 0.6 is 15.9 Å². The summed E-state index contributed by atoms with van der Waals surface area (Å²) in [6, 6.07) is 6.48. The molecule has 25 heavy (non-hydrogen) atoms. The number of rotatable bonds is 9. The molecule has 2 rings (SSSR count). The molecule has 0 radical (unpaired) electrons. The van der Waals surface area contributed by atoms with Crippen molar-refractivity contribution in [1.82, 2.24) is 5.32 Å². The lowest BCUT2D eigenvalue weighted by Crippen LogP contribution is -2.28. The quantitative estimate of drug-likeness (QED) is 0.436. The summed E-state index contributed by atoms with van der Waals surface area (Å²) in [6.07, 6.45) is 13.0. The summed E-state index contributed by atoms with van der Waals surface area (Å²) in [7, 11) is 0. The van der Waals surface area contributed by atoms with Crippen LogP contribution in [0.3, 0.4) is 0 Å². The van der Waals surface area contributed by atoms with Gasteiger partial charge in [-0.25, -0.2) is 0 Å². The first-order chi connectivity index (χ1) is 12.1. The Balaban J connectivity index is 1.79. The van der Waals surface area contributed by atoms with Gasteiger partial charge in [0.05, 0.1) is 0 Å². The van der Waals surface area contributed by atoms with E-state index in [2.05, 4.69) is 70.7 Å². The van der Waals surface area contributed by atoms with Crippen molar-refractivity contribution in [1.29, 1.82) is 0 Å². The Labute approximate surface area is 159 Å². The molecule has 0 spiro atoms. The maximum Gasteiger partial charge on any atom is 0.303 e. The smallest absolute Gasteiger partial charge is 0.303 e. The lowest BCUT2D eigenvalue weighted by Gasteiger charge is -2.26. The van der Waals surface area contributed by atoms with Crippen molar-refractivity contribution < 1.29 is 9.90 Å². The van der Waals surface area contributed by atoms with Crippen LogP contribution in [0.1, 0.15) is 43.2 Å². The highest BCUT2D eigenvalue weighted by Crippen LogP contribution is 2.27. The second-order valence-electron chi connectivity index (χ2n) is 6.81. The first kappa shape index (κ1) is 19.9. The van der Waals surface area contributed by atoms with Gasteiger partial charge in [-0.1, -0.05) is 52.4 Å². The SMILES string of the molecule is Cc1ccc(CNC[C@H]2CC=CC[C@@H]2/C=C\CCCC(=O)O)c(Br)c1. The normalized spacial score (nSPS) is 20.2. The number of unbranched alkanes of at least 4 members (excludes halogenated alkanes) is 1. The Kier molecular flexibility index (Phi) is 8.42. The van der Waals surface area contributed by atoms with E-state index in [-0.39, 0.29) is 6.42 Å². The summed E-state index contributed by atoms with van der Waals surface area (Å²) in [5.41, 5.74) is 2.55. The maximum atomic E-state index is 10.5. The van der Waals surface area contributed by atoms with Crippen molar-refractivity contribution in [2.45, 2.75) is 45.6 Å². The minimum absolute atomic E-state index is 0.255. The lowest BCUT2D eigenvalue weighted by molar-refractivity contribution is -0.137. The fourth-order valence-corrected chi connectivity index (χ4v) is 3.83. The number of allylic oxidation sites excluding steroid dienone is 4. The molecule has 4 heteroatoms. The van der Waals surface area contributed by atoms with Crippen LogP contribution in [-0.2, 0) is 11.3 Å². The molecule has 0 heterocycles. The summed E-state index contributed by atoms with van der Waals surface area (Å²) >= 11 is 3.64. The van der Waals surface area contributed by atoms with Crippen LogP contribution in [0.25, 0.3) is 0 Å². The molecule has 1 aromatic carbocycles. The number of benzene rings is 1. The molecule has 1 aliphatic rings. The summed E-state index contributed by atoms with van der Waals surface area (Å²) in [5.74, 6) is 0.437. The van der Waals surface area contributed by atoms with E-state index in [4.69, 9.17) is 5.11 Å². The number of hydrogen-bond donors (Lipinski definition) is 2. The van der Waals surface area contributed by atoms with E-state index in [9.17, 15) is 4.79 Å². The molecule has 136 valence electrons. The van der Waals surface area contributed by atoms with Gasteiger partial charge in [0.2, 0.25) is 0 Å². The molecule has 0 saturated carbocycles. The highest BCUT2D eigenvalue weighted by Gasteiger charge is 2.19. The molecular formula is C21H28BrNO2. The van der Waals surface area contributed by atoms with E-state index in [0.29, 0.717) is 11.8 Å². The average Bonchev–Trinajstić information content (AvgIpc) is 2.57.